The fourth-order valence-electron chi connectivity index (χ4n) is 2.79. The molecule has 2 aliphatic heterocycles. The van der Waals surface area contributed by atoms with Crippen LogP contribution in [-0.2, 0) is 9.53 Å². The Labute approximate surface area is 113 Å². The number of ether oxygens (including phenoxy) is 1. The predicted octanol–water partition coefficient (Wildman–Crippen LogP) is 2.40. The molecule has 2 atom stereocenters. The van der Waals surface area contributed by atoms with Gasteiger partial charge in [-0.3, -0.25) is 4.79 Å². The number of anilines is 2. The van der Waals surface area contributed by atoms with Crippen LogP contribution >= 0.6 is 0 Å². The summed E-state index contributed by atoms with van der Waals surface area (Å²) in [5.74, 6) is 0.235. The Morgan fingerprint density at radius 1 is 1.32 bits per heavy atom. The molecule has 4 nitrogen and oxygen atoms in total. The first-order chi connectivity index (χ1) is 9.24. The fraction of sp³-hybridized carbons (Fsp3) is 0.533. The molecular weight excluding hydrogens is 240 g/mol. The lowest BCUT2D eigenvalue weighted by atomic mass is 10.1. The molecule has 1 N–H and O–H groups in total. The number of nitrogens with one attached hydrogen (secondary N) is 1. The lowest BCUT2D eigenvalue weighted by molar-refractivity contribution is -0.117. The summed E-state index contributed by atoms with van der Waals surface area (Å²) in [6.07, 6.45) is 2.96. The van der Waals surface area contributed by atoms with Crippen LogP contribution in [0.1, 0.15) is 26.2 Å². The molecule has 0 aliphatic carbocycles. The monoisotopic (exact) mass is 260 g/mol. The minimum atomic E-state index is 0.235. The third kappa shape index (κ3) is 2.59. The molecule has 0 bridgehead atoms. The van der Waals surface area contributed by atoms with Gasteiger partial charge in [-0.15, -0.1) is 0 Å². The van der Waals surface area contributed by atoms with Crippen LogP contribution in [0, 0.1) is 0 Å². The lowest BCUT2D eigenvalue weighted by Crippen LogP contribution is -2.26. The number of hydrogen-bond acceptors (Lipinski definition) is 3. The smallest absolute Gasteiger partial charge is 0.227 e. The van der Waals surface area contributed by atoms with Gasteiger partial charge in [0.15, 0.2) is 0 Å². The molecule has 1 aromatic carbocycles. The van der Waals surface area contributed by atoms with Crippen molar-refractivity contribution in [3.63, 3.8) is 0 Å². The highest BCUT2D eigenvalue weighted by molar-refractivity contribution is 5.95. The largest absolute Gasteiger partial charge is 0.380 e. The van der Waals surface area contributed by atoms with E-state index in [2.05, 4.69) is 12.2 Å². The molecule has 0 saturated carbocycles. The van der Waals surface area contributed by atoms with E-state index in [-0.39, 0.29) is 12.0 Å². The van der Waals surface area contributed by atoms with Crippen molar-refractivity contribution >= 4 is 17.3 Å². The third-order valence-corrected chi connectivity index (χ3v) is 3.98. The van der Waals surface area contributed by atoms with Gasteiger partial charge in [-0.2, -0.15) is 0 Å². The Kier molecular flexibility index (Phi) is 3.42. The number of carbonyl (C=O) groups excluding carboxylic acids is 1. The molecule has 102 valence electrons. The molecule has 2 heterocycles. The summed E-state index contributed by atoms with van der Waals surface area (Å²) in [6.45, 7) is 3.78. The first-order valence-corrected chi connectivity index (χ1v) is 7.02. The Bertz CT molecular complexity index is 458. The van der Waals surface area contributed by atoms with Gasteiger partial charge in [-0.25, -0.2) is 0 Å². The number of hydrogen-bond donors (Lipinski definition) is 1. The maximum Gasteiger partial charge on any atom is 0.227 e. The van der Waals surface area contributed by atoms with Crippen molar-refractivity contribution in [3.8, 4) is 0 Å². The minimum Gasteiger partial charge on any atom is -0.380 e. The van der Waals surface area contributed by atoms with E-state index in [0.29, 0.717) is 12.5 Å². The average Bonchev–Trinajstić information content (AvgIpc) is 3.00. The van der Waals surface area contributed by atoms with Gasteiger partial charge in [0, 0.05) is 30.9 Å². The maximum absolute atomic E-state index is 11.7. The van der Waals surface area contributed by atoms with Crippen LogP contribution in [0.4, 0.5) is 11.4 Å². The van der Waals surface area contributed by atoms with Gasteiger partial charge in [0.05, 0.1) is 12.1 Å². The topological polar surface area (TPSA) is 41.6 Å². The van der Waals surface area contributed by atoms with E-state index in [1.807, 2.05) is 29.2 Å². The summed E-state index contributed by atoms with van der Waals surface area (Å²) in [5.41, 5.74) is 2.10. The molecule has 0 aromatic heterocycles. The van der Waals surface area contributed by atoms with Crippen molar-refractivity contribution in [3.05, 3.63) is 24.3 Å². The van der Waals surface area contributed by atoms with Crippen LogP contribution in [0.2, 0.25) is 0 Å². The normalized spacial score (nSPS) is 27.0. The van der Waals surface area contributed by atoms with Crippen LogP contribution in [0.15, 0.2) is 24.3 Å². The van der Waals surface area contributed by atoms with Crippen molar-refractivity contribution in [2.45, 2.75) is 38.3 Å². The average molecular weight is 260 g/mol. The van der Waals surface area contributed by atoms with Crippen molar-refractivity contribution in [1.82, 2.24) is 0 Å². The minimum absolute atomic E-state index is 0.235. The summed E-state index contributed by atoms with van der Waals surface area (Å²) in [5, 5.41) is 3.49. The number of nitrogens with zero attached hydrogens (tertiary/aromatic N) is 1. The van der Waals surface area contributed by atoms with E-state index < -0.39 is 0 Å². The van der Waals surface area contributed by atoms with Crippen molar-refractivity contribution in [1.29, 1.82) is 0 Å². The first kappa shape index (κ1) is 12.5. The van der Waals surface area contributed by atoms with E-state index in [4.69, 9.17) is 4.74 Å². The molecule has 1 amide bonds. The number of carbonyl (C=O) groups is 1. The van der Waals surface area contributed by atoms with Gasteiger partial charge in [-0.05, 0) is 44.0 Å². The molecule has 2 saturated heterocycles. The summed E-state index contributed by atoms with van der Waals surface area (Å²) in [7, 11) is 0. The van der Waals surface area contributed by atoms with Crippen LogP contribution in [-0.4, -0.2) is 31.2 Å². The first-order valence-electron chi connectivity index (χ1n) is 7.02. The van der Waals surface area contributed by atoms with Gasteiger partial charge in [0.25, 0.3) is 0 Å². The highest BCUT2D eigenvalue weighted by Crippen LogP contribution is 2.24. The Balaban J connectivity index is 1.67. The molecule has 19 heavy (non-hydrogen) atoms. The van der Waals surface area contributed by atoms with Crippen LogP contribution in [0.25, 0.3) is 0 Å². The lowest BCUT2D eigenvalue weighted by Gasteiger charge is -2.19. The highest BCUT2D eigenvalue weighted by atomic mass is 16.5. The van der Waals surface area contributed by atoms with Gasteiger partial charge in [-0.1, -0.05) is 0 Å². The number of benzene rings is 1. The summed E-state index contributed by atoms with van der Waals surface area (Å²) >= 11 is 0. The zero-order chi connectivity index (χ0) is 13.2. The molecule has 2 unspecified atom stereocenters. The molecule has 3 rings (SSSR count). The number of rotatable bonds is 3. The molecule has 2 aliphatic rings. The van der Waals surface area contributed by atoms with E-state index in [1.165, 1.54) is 0 Å². The van der Waals surface area contributed by atoms with Crippen LogP contribution < -0.4 is 10.2 Å². The summed E-state index contributed by atoms with van der Waals surface area (Å²) in [4.78, 5) is 13.5. The SMILES string of the molecule is CC1OCCC1Nc1ccc(N2CCCC2=O)cc1. The van der Waals surface area contributed by atoms with E-state index in [0.717, 1.165) is 37.4 Å². The zero-order valence-electron chi connectivity index (χ0n) is 11.3. The summed E-state index contributed by atoms with van der Waals surface area (Å²) < 4.78 is 5.54. The van der Waals surface area contributed by atoms with Crippen LogP contribution in [0.3, 0.4) is 0 Å². The fourth-order valence-corrected chi connectivity index (χ4v) is 2.79. The standard InChI is InChI=1S/C15H20N2O2/c1-11-14(8-10-19-11)16-12-4-6-13(7-5-12)17-9-2-3-15(17)18/h4-7,11,14,16H,2-3,8-10H2,1H3. The van der Waals surface area contributed by atoms with Crippen LogP contribution in [0.5, 0.6) is 0 Å². The second kappa shape index (κ2) is 5.21. The second-order valence-electron chi connectivity index (χ2n) is 5.31. The molecule has 2 fully saturated rings. The van der Waals surface area contributed by atoms with Gasteiger partial charge >= 0.3 is 0 Å². The van der Waals surface area contributed by atoms with Gasteiger partial charge < -0.3 is 15.0 Å². The molecule has 0 spiro atoms. The Hall–Kier alpha value is -1.55. The second-order valence-corrected chi connectivity index (χ2v) is 5.31. The van der Waals surface area contributed by atoms with Gasteiger partial charge in [0.2, 0.25) is 5.91 Å². The van der Waals surface area contributed by atoms with E-state index in [1.54, 1.807) is 0 Å². The van der Waals surface area contributed by atoms with E-state index >= 15 is 0 Å². The highest BCUT2D eigenvalue weighted by Gasteiger charge is 2.24. The van der Waals surface area contributed by atoms with Crippen molar-refractivity contribution < 1.29 is 9.53 Å². The molecule has 0 radical (unpaired) electrons. The van der Waals surface area contributed by atoms with Crippen molar-refractivity contribution in [2.75, 3.05) is 23.4 Å². The van der Waals surface area contributed by atoms with E-state index in [9.17, 15) is 4.79 Å². The maximum atomic E-state index is 11.7. The zero-order valence-corrected chi connectivity index (χ0v) is 11.3. The summed E-state index contributed by atoms with van der Waals surface area (Å²) in [6, 6.07) is 8.52. The molecule has 1 aromatic rings. The quantitative estimate of drug-likeness (QED) is 0.907. The Morgan fingerprint density at radius 3 is 2.68 bits per heavy atom. The number of amides is 1. The molecular formula is C15H20N2O2. The van der Waals surface area contributed by atoms with Gasteiger partial charge in [0.1, 0.15) is 0 Å². The van der Waals surface area contributed by atoms with Crippen molar-refractivity contribution in [2.24, 2.45) is 0 Å². The third-order valence-electron chi connectivity index (χ3n) is 3.98. The Morgan fingerprint density at radius 2 is 2.11 bits per heavy atom. The molecule has 4 heteroatoms. The predicted molar refractivity (Wildman–Crippen MR) is 75.5 cm³/mol.